The second kappa shape index (κ2) is 6.89. The molecule has 0 aromatic heterocycles. The van der Waals surface area contributed by atoms with Crippen LogP contribution in [0.25, 0.3) is 0 Å². The van der Waals surface area contributed by atoms with Gasteiger partial charge in [-0.3, -0.25) is 14.9 Å². The molecule has 0 bridgehead atoms. The molecule has 0 spiro atoms. The number of nitro groups is 1. The van der Waals surface area contributed by atoms with Crippen LogP contribution in [-0.2, 0) is 4.79 Å². The van der Waals surface area contributed by atoms with Crippen LogP contribution in [0.3, 0.4) is 0 Å². The second-order valence-corrected chi connectivity index (χ2v) is 4.61. The lowest BCUT2D eigenvalue weighted by Gasteiger charge is -2.27. The Hall–Kier alpha value is -2.35. The zero-order valence-electron chi connectivity index (χ0n) is 12.2. The molecule has 1 aromatic rings. The number of non-ortho nitro benzene ring substituents is 1. The Morgan fingerprint density at radius 3 is 2.62 bits per heavy atom. The van der Waals surface area contributed by atoms with Crippen LogP contribution in [0.2, 0.25) is 0 Å². The molecule has 0 radical (unpaired) electrons. The number of likely N-dealkylation sites (N-methyl/N-ethyl adjacent to an activating group) is 1. The van der Waals surface area contributed by atoms with Crippen molar-refractivity contribution in [2.45, 2.75) is 19.4 Å². The summed E-state index contributed by atoms with van der Waals surface area (Å²) in [4.78, 5) is 21.8. The molecule has 0 saturated carbocycles. The van der Waals surface area contributed by atoms with Crippen LogP contribution in [0.4, 0.5) is 5.69 Å². The molecule has 116 valence electrons. The van der Waals surface area contributed by atoms with Crippen molar-refractivity contribution in [3.63, 3.8) is 0 Å². The quantitative estimate of drug-likeness (QED) is 0.542. The summed E-state index contributed by atoms with van der Waals surface area (Å²) in [5.74, 6) is -0.0604. The third kappa shape index (κ3) is 4.06. The third-order valence-corrected chi connectivity index (χ3v) is 2.99. The minimum atomic E-state index is -1.08. The van der Waals surface area contributed by atoms with Crippen molar-refractivity contribution >= 4 is 11.6 Å². The molecule has 1 rings (SSSR count). The maximum atomic E-state index is 11.5. The number of amides is 1. The monoisotopic (exact) mass is 297 g/mol. The van der Waals surface area contributed by atoms with E-state index in [4.69, 9.17) is 15.2 Å². The molecule has 0 saturated heterocycles. The topological polar surface area (TPSA) is 117 Å². The fourth-order valence-corrected chi connectivity index (χ4v) is 1.71. The van der Waals surface area contributed by atoms with E-state index in [-0.39, 0.29) is 18.0 Å². The molecule has 0 heterocycles. The van der Waals surface area contributed by atoms with Gasteiger partial charge in [0.25, 0.3) is 5.69 Å². The van der Waals surface area contributed by atoms with E-state index in [9.17, 15) is 14.9 Å². The van der Waals surface area contributed by atoms with Crippen LogP contribution in [0, 0.1) is 10.1 Å². The fraction of sp³-hybridized carbons (Fsp3) is 0.462. The first-order chi connectivity index (χ1) is 9.84. The third-order valence-electron chi connectivity index (χ3n) is 2.99. The highest BCUT2D eigenvalue weighted by Gasteiger charge is 2.31. The minimum absolute atomic E-state index is 0.0757. The fourth-order valence-electron chi connectivity index (χ4n) is 1.71. The molecule has 1 aromatic carbocycles. The number of primary amides is 1. The van der Waals surface area contributed by atoms with Crippen molar-refractivity contribution in [1.29, 1.82) is 0 Å². The van der Waals surface area contributed by atoms with Crippen molar-refractivity contribution in [2.24, 2.45) is 5.73 Å². The van der Waals surface area contributed by atoms with Gasteiger partial charge in [0.1, 0.15) is 12.1 Å². The molecular formula is C13H19N3O5. The zero-order chi connectivity index (χ0) is 16.0. The summed E-state index contributed by atoms with van der Waals surface area (Å²) in [5.41, 5.74) is 4.14. The molecule has 0 aliphatic rings. The number of carbonyl (C=O) groups excluding carboxylic acids is 1. The van der Waals surface area contributed by atoms with Crippen LogP contribution in [0.15, 0.2) is 18.2 Å². The number of ether oxygens (including phenoxy) is 2. The van der Waals surface area contributed by atoms with Gasteiger partial charge in [-0.25, -0.2) is 0 Å². The van der Waals surface area contributed by atoms with Crippen molar-refractivity contribution in [3.8, 4) is 11.5 Å². The number of benzene rings is 1. The Bertz CT molecular complexity index is 535. The van der Waals surface area contributed by atoms with E-state index >= 15 is 0 Å². The summed E-state index contributed by atoms with van der Waals surface area (Å²) >= 11 is 0. The Labute approximate surface area is 122 Å². The summed E-state index contributed by atoms with van der Waals surface area (Å²) in [6.07, 6.45) is 0. The zero-order valence-corrected chi connectivity index (χ0v) is 12.2. The van der Waals surface area contributed by atoms with E-state index in [2.05, 4.69) is 5.32 Å². The number of nitrogens with two attached hydrogens (primary N) is 1. The van der Waals surface area contributed by atoms with Gasteiger partial charge in [0.15, 0.2) is 11.5 Å². The molecule has 8 nitrogen and oxygen atoms in total. The first-order valence-corrected chi connectivity index (χ1v) is 6.34. The maximum absolute atomic E-state index is 11.5. The normalized spacial score (nSPS) is 13.3. The number of nitrogens with zero attached hydrogens (tertiary/aromatic N) is 1. The maximum Gasteiger partial charge on any atom is 0.273 e. The van der Waals surface area contributed by atoms with Gasteiger partial charge in [-0.1, -0.05) is 6.92 Å². The van der Waals surface area contributed by atoms with Gasteiger partial charge < -0.3 is 20.5 Å². The average Bonchev–Trinajstić information content (AvgIpc) is 2.44. The Morgan fingerprint density at radius 2 is 2.14 bits per heavy atom. The summed E-state index contributed by atoms with van der Waals surface area (Å²) in [6, 6.07) is 3.98. The number of hydrogen-bond acceptors (Lipinski definition) is 6. The molecule has 1 atom stereocenters. The van der Waals surface area contributed by atoms with Crippen molar-refractivity contribution in [3.05, 3.63) is 28.3 Å². The molecule has 8 heteroatoms. The largest absolute Gasteiger partial charge is 0.493 e. The molecule has 0 fully saturated rings. The molecule has 3 N–H and O–H groups in total. The second-order valence-electron chi connectivity index (χ2n) is 4.61. The van der Waals surface area contributed by atoms with Gasteiger partial charge >= 0.3 is 0 Å². The van der Waals surface area contributed by atoms with E-state index in [0.29, 0.717) is 12.3 Å². The Balaban J connectivity index is 2.98. The van der Waals surface area contributed by atoms with Crippen LogP contribution in [0.5, 0.6) is 11.5 Å². The summed E-state index contributed by atoms with van der Waals surface area (Å²) in [6.45, 7) is 3.88. The molecule has 21 heavy (non-hydrogen) atoms. The van der Waals surface area contributed by atoms with Gasteiger partial charge in [-0.05, 0) is 19.5 Å². The predicted molar refractivity (Wildman–Crippen MR) is 76.4 cm³/mol. The number of carbonyl (C=O) groups is 1. The minimum Gasteiger partial charge on any atom is -0.493 e. The van der Waals surface area contributed by atoms with Gasteiger partial charge in [-0.2, -0.15) is 0 Å². The molecule has 1 unspecified atom stereocenters. The number of rotatable bonds is 8. The summed E-state index contributed by atoms with van der Waals surface area (Å²) < 4.78 is 10.6. The lowest BCUT2D eigenvalue weighted by Crippen LogP contribution is -2.57. The van der Waals surface area contributed by atoms with E-state index in [1.54, 1.807) is 6.92 Å². The van der Waals surface area contributed by atoms with Crippen LogP contribution >= 0.6 is 0 Å². The van der Waals surface area contributed by atoms with Crippen LogP contribution < -0.4 is 20.5 Å². The summed E-state index contributed by atoms with van der Waals surface area (Å²) in [5, 5.41) is 13.7. The number of nitro benzene ring substituents is 1. The predicted octanol–water partition coefficient (Wildman–Crippen LogP) is 0.836. The van der Waals surface area contributed by atoms with E-state index < -0.39 is 16.4 Å². The van der Waals surface area contributed by atoms with Crippen molar-refractivity contribution in [1.82, 2.24) is 5.32 Å². The highest BCUT2D eigenvalue weighted by atomic mass is 16.6. The first kappa shape index (κ1) is 16.7. The van der Waals surface area contributed by atoms with E-state index in [1.807, 2.05) is 6.92 Å². The van der Waals surface area contributed by atoms with Crippen LogP contribution in [-0.4, -0.2) is 36.6 Å². The molecule has 0 aliphatic heterocycles. The van der Waals surface area contributed by atoms with E-state index in [1.165, 1.54) is 25.3 Å². The van der Waals surface area contributed by atoms with E-state index in [0.717, 1.165) is 0 Å². The highest BCUT2D eigenvalue weighted by molar-refractivity contribution is 5.84. The smallest absolute Gasteiger partial charge is 0.273 e. The van der Waals surface area contributed by atoms with Gasteiger partial charge in [0, 0.05) is 6.07 Å². The van der Waals surface area contributed by atoms with Gasteiger partial charge in [0.05, 0.1) is 18.1 Å². The molecule has 1 amide bonds. The summed E-state index contributed by atoms with van der Waals surface area (Å²) in [7, 11) is 1.42. The molecule has 0 aliphatic carbocycles. The highest BCUT2D eigenvalue weighted by Crippen LogP contribution is 2.31. The van der Waals surface area contributed by atoms with Crippen molar-refractivity contribution < 1.29 is 19.2 Å². The Kier molecular flexibility index (Phi) is 5.48. The standard InChI is InChI=1S/C13H19N3O5/c1-4-15-13(2,12(14)17)8-21-11-7-9(16(18)19)5-6-10(11)20-3/h5-7,15H,4,8H2,1-3H3,(H2,14,17). The Morgan fingerprint density at radius 1 is 1.48 bits per heavy atom. The number of methoxy groups -OCH3 is 1. The van der Waals surface area contributed by atoms with Gasteiger partial charge in [0.2, 0.25) is 5.91 Å². The lowest BCUT2D eigenvalue weighted by molar-refractivity contribution is -0.385. The molecular weight excluding hydrogens is 278 g/mol. The van der Waals surface area contributed by atoms with Crippen LogP contribution in [0.1, 0.15) is 13.8 Å². The average molecular weight is 297 g/mol. The lowest BCUT2D eigenvalue weighted by atomic mass is 10.0. The van der Waals surface area contributed by atoms with Gasteiger partial charge in [-0.15, -0.1) is 0 Å². The van der Waals surface area contributed by atoms with Crippen molar-refractivity contribution in [2.75, 3.05) is 20.3 Å². The number of hydrogen-bond donors (Lipinski definition) is 2. The SMILES string of the molecule is CCNC(C)(COc1cc([N+](=O)[O-])ccc1OC)C(N)=O. The number of nitrogens with one attached hydrogen (secondary N) is 1. The first-order valence-electron chi connectivity index (χ1n) is 6.34.